The van der Waals surface area contributed by atoms with Crippen molar-refractivity contribution in [3.05, 3.63) is 29.8 Å². The maximum absolute atomic E-state index is 13.4. The molecule has 34 heavy (non-hydrogen) atoms. The Morgan fingerprint density at radius 3 is 2.50 bits per heavy atom. The van der Waals surface area contributed by atoms with Gasteiger partial charge in [-0.2, -0.15) is 12.6 Å². The van der Waals surface area contributed by atoms with Crippen LogP contribution in [0, 0.1) is 5.92 Å². The molecule has 8 nitrogen and oxygen atoms in total. The number of hydrogen-bond donors (Lipinski definition) is 4. The summed E-state index contributed by atoms with van der Waals surface area (Å²) in [7, 11) is 1.33. The Balaban J connectivity index is 0.000000739. The second kappa shape index (κ2) is 14.9. The van der Waals surface area contributed by atoms with Gasteiger partial charge in [-0.15, -0.1) is 0 Å². The van der Waals surface area contributed by atoms with E-state index in [4.69, 9.17) is 9.84 Å². The van der Waals surface area contributed by atoms with Gasteiger partial charge in [0.25, 0.3) is 0 Å². The number of aromatic hydroxyl groups is 1. The maximum atomic E-state index is 13.4. The van der Waals surface area contributed by atoms with E-state index in [1.54, 1.807) is 29.2 Å². The molecule has 2 aliphatic rings. The number of hydrogen-bond acceptors (Lipinski definition) is 7. The molecule has 1 saturated carbocycles. The second-order valence-electron chi connectivity index (χ2n) is 8.80. The zero-order valence-electron chi connectivity index (χ0n) is 19.9. The number of aliphatic hydroxyl groups excluding tert-OH is 1. The molecule has 1 aliphatic carbocycles. The molecule has 1 aromatic rings. The molecule has 1 saturated heterocycles. The Morgan fingerprint density at radius 1 is 1.18 bits per heavy atom. The number of aliphatic hydroxyl groups is 1. The van der Waals surface area contributed by atoms with Crippen LogP contribution in [0.25, 0.3) is 0 Å². The molecule has 0 aromatic heterocycles. The molecule has 0 spiro atoms. The molecule has 1 heterocycles. The third-order valence-corrected chi connectivity index (χ3v) is 6.62. The smallest absolute Gasteiger partial charge is 0.328 e. The van der Waals surface area contributed by atoms with Crippen LogP contribution in [0.4, 0.5) is 0 Å². The van der Waals surface area contributed by atoms with Gasteiger partial charge in [-0.1, -0.05) is 31.4 Å². The highest BCUT2D eigenvalue weighted by atomic mass is 32.1. The standard InChI is InChI=1S/C22H30N2O5.C3H8OS/c1-29-22(28)18-11-6-12-24(18)21(27)20(16-8-3-2-4-9-16)23-19(26)14-15-7-5-10-17(25)13-15;4-2-1-3-5/h5,7,10,13,16,18,20,25H,2-4,6,8-9,11-12,14H2,1H3,(H,23,26);4-5H,1-3H2. The number of nitrogens with zero attached hydrogens (tertiary/aromatic N) is 1. The van der Waals surface area contributed by atoms with Gasteiger partial charge < -0.3 is 25.2 Å². The number of thiol groups is 1. The number of likely N-dealkylation sites (tertiary alicyclic amines) is 1. The van der Waals surface area contributed by atoms with Crippen molar-refractivity contribution in [3.63, 3.8) is 0 Å². The first-order valence-corrected chi connectivity index (χ1v) is 12.7. The van der Waals surface area contributed by atoms with Crippen LogP contribution in [-0.4, -0.2) is 71.0 Å². The summed E-state index contributed by atoms with van der Waals surface area (Å²) in [5.74, 6) is 0.124. The molecule has 0 radical (unpaired) electrons. The quantitative estimate of drug-likeness (QED) is 0.326. The van der Waals surface area contributed by atoms with Gasteiger partial charge in [-0.25, -0.2) is 4.79 Å². The van der Waals surface area contributed by atoms with E-state index >= 15 is 0 Å². The van der Waals surface area contributed by atoms with Gasteiger partial charge in [-0.05, 0) is 61.5 Å². The van der Waals surface area contributed by atoms with Crippen LogP contribution in [0.3, 0.4) is 0 Å². The van der Waals surface area contributed by atoms with Gasteiger partial charge in [0.1, 0.15) is 17.8 Å². The monoisotopic (exact) mass is 494 g/mol. The van der Waals surface area contributed by atoms with E-state index in [1.165, 1.54) is 7.11 Å². The summed E-state index contributed by atoms with van der Waals surface area (Å²) in [4.78, 5) is 39.8. The summed E-state index contributed by atoms with van der Waals surface area (Å²) in [5.41, 5.74) is 0.686. The lowest BCUT2D eigenvalue weighted by molar-refractivity contribution is -0.152. The maximum Gasteiger partial charge on any atom is 0.328 e. The van der Waals surface area contributed by atoms with E-state index in [2.05, 4.69) is 17.9 Å². The molecule has 1 aromatic carbocycles. The average Bonchev–Trinajstić information content (AvgIpc) is 3.33. The van der Waals surface area contributed by atoms with Crippen molar-refractivity contribution in [2.75, 3.05) is 26.0 Å². The number of rotatable bonds is 8. The first-order valence-electron chi connectivity index (χ1n) is 12.1. The molecule has 190 valence electrons. The summed E-state index contributed by atoms with van der Waals surface area (Å²) in [6.07, 6.45) is 7.23. The number of benzene rings is 1. The number of carbonyl (C=O) groups is 3. The zero-order valence-corrected chi connectivity index (χ0v) is 20.8. The SMILES string of the molecule is COC(=O)C1CCCN1C(=O)C(NC(=O)Cc1cccc(O)c1)C1CCCCC1.OCCCS. The number of phenolic OH excluding ortho intramolecular Hbond substituents is 1. The summed E-state index contributed by atoms with van der Waals surface area (Å²) in [5, 5.41) is 20.6. The van der Waals surface area contributed by atoms with Crippen LogP contribution in [0.5, 0.6) is 5.75 Å². The fraction of sp³-hybridized carbons (Fsp3) is 0.640. The van der Waals surface area contributed by atoms with Crippen molar-refractivity contribution >= 4 is 30.4 Å². The first-order chi connectivity index (χ1) is 16.4. The fourth-order valence-corrected chi connectivity index (χ4v) is 4.73. The molecule has 2 atom stereocenters. The van der Waals surface area contributed by atoms with Gasteiger partial charge in [0.2, 0.25) is 11.8 Å². The number of phenols is 1. The second-order valence-corrected chi connectivity index (χ2v) is 9.25. The summed E-state index contributed by atoms with van der Waals surface area (Å²) < 4.78 is 4.87. The fourth-order valence-electron chi connectivity index (χ4n) is 4.59. The summed E-state index contributed by atoms with van der Waals surface area (Å²) in [6.45, 7) is 0.772. The molecule has 2 fully saturated rings. The van der Waals surface area contributed by atoms with Crippen LogP contribution in [0.1, 0.15) is 56.9 Å². The van der Waals surface area contributed by atoms with Crippen LogP contribution >= 0.6 is 12.6 Å². The van der Waals surface area contributed by atoms with E-state index in [1.807, 2.05) is 0 Å². The number of methoxy groups -OCH3 is 1. The Bertz CT molecular complexity index is 797. The highest BCUT2D eigenvalue weighted by Crippen LogP contribution is 2.29. The van der Waals surface area contributed by atoms with E-state index in [0.29, 0.717) is 18.5 Å². The van der Waals surface area contributed by atoms with Gasteiger partial charge >= 0.3 is 5.97 Å². The Labute approximate surface area is 207 Å². The van der Waals surface area contributed by atoms with Crippen LogP contribution < -0.4 is 5.32 Å². The molecular formula is C25H38N2O6S. The van der Waals surface area contributed by atoms with Crippen molar-refractivity contribution in [1.29, 1.82) is 0 Å². The van der Waals surface area contributed by atoms with E-state index in [0.717, 1.165) is 50.7 Å². The number of nitrogens with one attached hydrogen (secondary N) is 1. The predicted octanol–water partition coefficient (Wildman–Crippen LogP) is 2.46. The van der Waals surface area contributed by atoms with Gasteiger partial charge in [0.15, 0.2) is 0 Å². The number of carbonyl (C=O) groups excluding carboxylic acids is 3. The molecule has 0 bridgehead atoms. The molecule has 2 unspecified atom stereocenters. The Morgan fingerprint density at radius 2 is 1.91 bits per heavy atom. The van der Waals surface area contributed by atoms with Crippen LogP contribution in [0.15, 0.2) is 24.3 Å². The Hall–Kier alpha value is -2.26. The molecular weight excluding hydrogens is 456 g/mol. The number of ether oxygens (including phenoxy) is 1. The third-order valence-electron chi connectivity index (χ3n) is 6.30. The largest absolute Gasteiger partial charge is 0.508 e. The molecule has 9 heteroatoms. The predicted molar refractivity (Wildman–Crippen MR) is 133 cm³/mol. The number of esters is 1. The third kappa shape index (κ3) is 8.51. The van der Waals surface area contributed by atoms with E-state index in [9.17, 15) is 19.5 Å². The molecule has 3 N–H and O–H groups in total. The topological polar surface area (TPSA) is 116 Å². The minimum atomic E-state index is -0.634. The van der Waals surface area contributed by atoms with Crippen molar-refractivity contribution in [3.8, 4) is 5.75 Å². The molecule has 2 amide bonds. The number of amides is 2. The summed E-state index contributed by atoms with van der Waals surface area (Å²) in [6, 6.07) is 5.35. The normalized spacial score (nSPS) is 19.0. The lowest BCUT2D eigenvalue weighted by atomic mass is 9.83. The van der Waals surface area contributed by atoms with Crippen LogP contribution in [-0.2, 0) is 25.5 Å². The van der Waals surface area contributed by atoms with Gasteiger partial charge in [0.05, 0.1) is 13.5 Å². The average molecular weight is 495 g/mol. The van der Waals surface area contributed by atoms with Crippen LogP contribution in [0.2, 0.25) is 0 Å². The van der Waals surface area contributed by atoms with Crippen molar-refractivity contribution in [1.82, 2.24) is 10.2 Å². The minimum Gasteiger partial charge on any atom is -0.508 e. The lowest BCUT2D eigenvalue weighted by Gasteiger charge is -2.34. The molecule has 3 rings (SSSR count). The first kappa shape index (κ1) is 28.0. The molecule has 1 aliphatic heterocycles. The highest BCUT2D eigenvalue weighted by molar-refractivity contribution is 7.80. The summed E-state index contributed by atoms with van der Waals surface area (Å²) >= 11 is 3.84. The van der Waals surface area contributed by atoms with Crippen molar-refractivity contribution < 1.29 is 29.3 Å². The van der Waals surface area contributed by atoms with E-state index < -0.39 is 18.1 Å². The zero-order chi connectivity index (χ0) is 24.9. The van der Waals surface area contributed by atoms with Crippen molar-refractivity contribution in [2.45, 2.75) is 69.9 Å². The Kier molecular flexibility index (Phi) is 12.2. The van der Waals surface area contributed by atoms with E-state index in [-0.39, 0.29) is 36.5 Å². The van der Waals surface area contributed by atoms with Gasteiger partial charge in [0, 0.05) is 13.2 Å². The van der Waals surface area contributed by atoms with Gasteiger partial charge in [-0.3, -0.25) is 9.59 Å². The highest BCUT2D eigenvalue weighted by Gasteiger charge is 2.41. The lowest BCUT2D eigenvalue weighted by Crippen LogP contribution is -2.55. The minimum absolute atomic E-state index is 0.0725. The van der Waals surface area contributed by atoms with Crippen molar-refractivity contribution in [2.24, 2.45) is 5.92 Å².